The summed E-state index contributed by atoms with van der Waals surface area (Å²) in [6.45, 7) is 4.46. The molecule has 106 valence electrons. The first-order chi connectivity index (χ1) is 9.75. The smallest absolute Gasteiger partial charge is 0.244 e. The summed E-state index contributed by atoms with van der Waals surface area (Å²) in [7, 11) is 0. The number of amides is 1. The maximum atomic E-state index is 12.4. The Hall–Kier alpha value is -2.08. The van der Waals surface area contributed by atoms with E-state index in [1.165, 1.54) is 0 Å². The highest BCUT2D eigenvalue weighted by Crippen LogP contribution is 2.13. The van der Waals surface area contributed by atoms with Crippen LogP contribution in [0.3, 0.4) is 0 Å². The zero-order valence-electron chi connectivity index (χ0n) is 11.5. The normalized spacial score (nSPS) is 17.1. The molecule has 1 fully saturated rings. The average Bonchev–Trinajstić information content (AvgIpc) is 2.97. The fourth-order valence-electron chi connectivity index (χ4n) is 2.41. The largest absolute Gasteiger partial charge is 0.378 e. The van der Waals surface area contributed by atoms with Crippen LogP contribution in [0.15, 0.2) is 30.6 Å². The summed E-state index contributed by atoms with van der Waals surface area (Å²) >= 11 is 0. The number of hydrogen-bond acceptors (Lipinski definition) is 4. The Morgan fingerprint density at radius 1 is 1.40 bits per heavy atom. The van der Waals surface area contributed by atoms with Crippen LogP contribution in [-0.2, 0) is 9.53 Å². The molecule has 0 radical (unpaired) electrons. The number of nitrogens with one attached hydrogen (secondary N) is 1. The molecule has 0 spiro atoms. The average molecular weight is 274 g/mol. The third kappa shape index (κ3) is 2.46. The lowest BCUT2D eigenvalue weighted by molar-refractivity contribution is -0.135. The summed E-state index contributed by atoms with van der Waals surface area (Å²) in [5, 5.41) is 3.26. The molecule has 0 aromatic carbocycles. The van der Waals surface area contributed by atoms with Crippen LogP contribution in [0.4, 0.5) is 5.82 Å². The number of fused-ring (bicyclic) bond motifs is 1. The van der Waals surface area contributed by atoms with Gasteiger partial charge in [0.15, 0.2) is 0 Å². The standard InChI is InChI=1S/C14H18N4O2/c1-11(14(19)17-7-9-20-10-8-17)16-13-4-2-3-12-15-5-6-18(12)13/h2-6,11,16H,7-10H2,1H3. The Labute approximate surface area is 117 Å². The third-order valence-corrected chi connectivity index (χ3v) is 3.49. The zero-order valence-corrected chi connectivity index (χ0v) is 11.5. The molecule has 2 aromatic heterocycles. The van der Waals surface area contributed by atoms with E-state index in [9.17, 15) is 4.79 Å². The van der Waals surface area contributed by atoms with Gasteiger partial charge < -0.3 is 15.0 Å². The van der Waals surface area contributed by atoms with Crippen molar-refractivity contribution in [2.24, 2.45) is 0 Å². The molecule has 1 amide bonds. The van der Waals surface area contributed by atoms with Crippen molar-refractivity contribution < 1.29 is 9.53 Å². The molecule has 2 aromatic rings. The molecule has 3 rings (SSSR count). The first kappa shape index (κ1) is 12.9. The van der Waals surface area contributed by atoms with E-state index >= 15 is 0 Å². The van der Waals surface area contributed by atoms with Crippen molar-refractivity contribution in [2.75, 3.05) is 31.6 Å². The van der Waals surface area contributed by atoms with E-state index in [1.54, 1.807) is 6.20 Å². The number of rotatable bonds is 3. The van der Waals surface area contributed by atoms with Gasteiger partial charge in [-0.15, -0.1) is 0 Å². The van der Waals surface area contributed by atoms with Gasteiger partial charge in [-0.1, -0.05) is 6.07 Å². The van der Waals surface area contributed by atoms with E-state index in [0.29, 0.717) is 26.3 Å². The summed E-state index contributed by atoms with van der Waals surface area (Å²) in [5.74, 6) is 0.972. The molecule has 1 atom stereocenters. The minimum Gasteiger partial charge on any atom is -0.378 e. The summed E-state index contributed by atoms with van der Waals surface area (Å²) in [6.07, 6.45) is 3.62. The molecule has 20 heavy (non-hydrogen) atoms. The summed E-state index contributed by atoms with van der Waals surface area (Å²) in [4.78, 5) is 18.4. The topological polar surface area (TPSA) is 58.9 Å². The number of morpholine rings is 1. The number of hydrogen-bond donors (Lipinski definition) is 1. The Kier molecular flexibility index (Phi) is 3.56. The Balaban J connectivity index is 1.73. The Bertz CT molecular complexity index is 604. The molecule has 0 bridgehead atoms. The minimum atomic E-state index is -0.277. The second kappa shape index (κ2) is 5.50. The van der Waals surface area contributed by atoms with Gasteiger partial charge in [-0.3, -0.25) is 9.20 Å². The van der Waals surface area contributed by atoms with Crippen molar-refractivity contribution in [2.45, 2.75) is 13.0 Å². The van der Waals surface area contributed by atoms with Crippen molar-refractivity contribution in [3.8, 4) is 0 Å². The fraction of sp³-hybridized carbons (Fsp3) is 0.429. The van der Waals surface area contributed by atoms with Crippen LogP contribution < -0.4 is 5.32 Å². The van der Waals surface area contributed by atoms with E-state index in [4.69, 9.17) is 4.74 Å². The third-order valence-electron chi connectivity index (χ3n) is 3.49. The maximum Gasteiger partial charge on any atom is 0.244 e. The number of anilines is 1. The quantitative estimate of drug-likeness (QED) is 0.907. The SMILES string of the molecule is CC(Nc1cccc2nccn12)C(=O)N1CCOCC1. The molecule has 1 unspecified atom stereocenters. The van der Waals surface area contributed by atoms with Gasteiger partial charge in [0, 0.05) is 25.5 Å². The molecular formula is C14H18N4O2. The second-order valence-electron chi connectivity index (χ2n) is 4.87. The number of carbonyl (C=O) groups is 1. The van der Waals surface area contributed by atoms with E-state index in [2.05, 4.69) is 10.3 Å². The number of nitrogens with zero attached hydrogens (tertiary/aromatic N) is 3. The molecule has 3 heterocycles. The summed E-state index contributed by atoms with van der Waals surface area (Å²) in [5.41, 5.74) is 0.862. The van der Waals surface area contributed by atoms with Gasteiger partial charge in [-0.2, -0.15) is 0 Å². The highest BCUT2D eigenvalue weighted by Gasteiger charge is 2.22. The second-order valence-corrected chi connectivity index (χ2v) is 4.87. The van der Waals surface area contributed by atoms with Crippen LogP contribution in [-0.4, -0.2) is 52.5 Å². The highest BCUT2D eigenvalue weighted by atomic mass is 16.5. The van der Waals surface area contributed by atoms with Crippen molar-refractivity contribution in [3.05, 3.63) is 30.6 Å². The molecule has 1 N–H and O–H groups in total. The maximum absolute atomic E-state index is 12.4. The van der Waals surface area contributed by atoms with Gasteiger partial charge >= 0.3 is 0 Å². The van der Waals surface area contributed by atoms with Crippen LogP contribution in [0.1, 0.15) is 6.92 Å². The van der Waals surface area contributed by atoms with Crippen LogP contribution >= 0.6 is 0 Å². The molecule has 1 aliphatic heterocycles. The van der Waals surface area contributed by atoms with Crippen LogP contribution in [0.5, 0.6) is 0 Å². The van der Waals surface area contributed by atoms with E-state index in [0.717, 1.165) is 11.5 Å². The molecule has 0 aliphatic carbocycles. The predicted octanol–water partition coefficient (Wildman–Crippen LogP) is 0.993. The predicted molar refractivity (Wildman–Crippen MR) is 75.7 cm³/mol. The molecule has 0 saturated carbocycles. The van der Waals surface area contributed by atoms with Gasteiger partial charge in [0.2, 0.25) is 5.91 Å². The van der Waals surface area contributed by atoms with Gasteiger partial charge in [0.25, 0.3) is 0 Å². The number of aromatic nitrogens is 2. The van der Waals surface area contributed by atoms with Crippen molar-refractivity contribution in [1.29, 1.82) is 0 Å². The number of ether oxygens (including phenoxy) is 1. The van der Waals surface area contributed by atoms with Gasteiger partial charge in [0.05, 0.1) is 13.2 Å². The van der Waals surface area contributed by atoms with Gasteiger partial charge in [-0.25, -0.2) is 4.98 Å². The van der Waals surface area contributed by atoms with E-state index < -0.39 is 0 Å². The number of carbonyl (C=O) groups excluding carboxylic acids is 1. The zero-order chi connectivity index (χ0) is 13.9. The molecule has 6 heteroatoms. The van der Waals surface area contributed by atoms with Crippen LogP contribution in [0, 0.1) is 0 Å². The Morgan fingerprint density at radius 2 is 2.20 bits per heavy atom. The lowest BCUT2D eigenvalue weighted by Crippen LogP contribution is -2.47. The lowest BCUT2D eigenvalue weighted by atomic mass is 10.2. The molecule has 1 aliphatic rings. The number of imidazole rings is 1. The van der Waals surface area contributed by atoms with Gasteiger partial charge in [-0.05, 0) is 19.1 Å². The summed E-state index contributed by atoms with van der Waals surface area (Å²) < 4.78 is 7.20. The van der Waals surface area contributed by atoms with Crippen molar-refractivity contribution >= 4 is 17.4 Å². The fourth-order valence-corrected chi connectivity index (χ4v) is 2.41. The van der Waals surface area contributed by atoms with Gasteiger partial charge in [0.1, 0.15) is 17.5 Å². The minimum absolute atomic E-state index is 0.102. The molecule has 1 saturated heterocycles. The van der Waals surface area contributed by atoms with E-state index in [1.807, 2.05) is 40.6 Å². The lowest BCUT2D eigenvalue weighted by Gasteiger charge is -2.29. The molecular weight excluding hydrogens is 256 g/mol. The Morgan fingerprint density at radius 3 is 3.00 bits per heavy atom. The highest BCUT2D eigenvalue weighted by molar-refractivity contribution is 5.84. The number of pyridine rings is 1. The first-order valence-electron chi connectivity index (χ1n) is 6.81. The summed E-state index contributed by atoms with van der Waals surface area (Å²) in [6, 6.07) is 5.52. The van der Waals surface area contributed by atoms with Crippen molar-refractivity contribution in [3.63, 3.8) is 0 Å². The van der Waals surface area contributed by atoms with Crippen LogP contribution in [0.25, 0.3) is 5.65 Å². The monoisotopic (exact) mass is 274 g/mol. The molecule has 6 nitrogen and oxygen atoms in total. The van der Waals surface area contributed by atoms with Crippen LogP contribution in [0.2, 0.25) is 0 Å². The van der Waals surface area contributed by atoms with Crippen molar-refractivity contribution in [1.82, 2.24) is 14.3 Å². The first-order valence-corrected chi connectivity index (χ1v) is 6.81. The van der Waals surface area contributed by atoms with E-state index in [-0.39, 0.29) is 11.9 Å².